The van der Waals surface area contributed by atoms with Crippen LogP contribution in [-0.2, 0) is 11.3 Å². The van der Waals surface area contributed by atoms with E-state index in [1.54, 1.807) is 35.4 Å². The average Bonchev–Trinajstić information content (AvgIpc) is 3.47. The smallest absolute Gasteiger partial charge is 0.276 e. The zero-order valence-corrected chi connectivity index (χ0v) is 16.8. The Morgan fingerprint density at radius 1 is 1.17 bits per heavy atom. The molecule has 156 valence electrons. The van der Waals surface area contributed by atoms with E-state index in [0.717, 1.165) is 25.1 Å². The van der Waals surface area contributed by atoms with Gasteiger partial charge in [0.25, 0.3) is 11.8 Å². The first kappa shape index (κ1) is 19.8. The largest absolute Gasteiger partial charge is 0.343 e. The molecule has 1 N–H and O–H groups in total. The van der Waals surface area contributed by atoms with Crippen LogP contribution in [0.4, 0.5) is 0 Å². The number of hydrogen-bond acceptors (Lipinski definition) is 6. The van der Waals surface area contributed by atoms with Gasteiger partial charge in [0.1, 0.15) is 5.69 Å². The van der Waals surface area contributed by atoms with E-state index >= 15 is 0 Å². The highest BCUT2D eigenvalue weighted by atomic mass is 16.5. The Morgan fingerprint density at radius 2 is 1.93 bits per heavy atom. The number of carbonyl (C=O) groups is 2. The molecule has 0 atom stereocenters. The number of benzene rings is 1. The van der Waals surface area contributed by atoms with Crippen molar-refractivity contribution in [2.45, 2.75) is 32.2 Å². The summed E-state index contributed by atoms with van der Waals surface area (Å²) < 4.78 is 7.24. The van der Waals surface area contributed by atoms with Crippen LogP contribution in [-0.4, -0.2) is 56.3 Å². The van der Waals surface area contributed by atoms with Gasteiger partial charge in [-0.2, -0.15) is 10.1 Å². The van der Waals surface area contributed by atoms with Crippen molar-refractivity contribution in [3.05, 3.63) is 54.0 Å². The number of nitrogens with one attached hydrogen (secondary N) is 1. The molecule has 9 heteroatoms. The van der Waals surface area contributed by atoms with Gasteiger partial charge in [0.2, 0.25) is 5.91 Å². The van der Waals surface area contributed by atoms with Crippen molar-refractivity contribution in [1.82, 2.24) is 30.1 Å². The van der Waals surface area contributed by atoms with E-state index < -0.39 is 0 Å². The third kappa shape index (κ3) is 4.24. The van der Waals surface area contributed by atoms with Gasteiger partial charge in [0.05, 0.1) is 6.54 Å². The fraction of sp³-hybridized carbons (Fsp3) is 0.381. The van der Waals surface area contributed by atoms with Crippen molar-refractivity contribution >= 4 is 11.8 Å². The first-order chi connectivity index (χ1) is 14.7. The van der Waals surface area contributed by atoms with Crippen molar-refractivity contribution in [2.24, 2.45) is 0 Å². The Bertz CT molecular complexity index is 1000. The maximum Gasteiger partial charge on any atom is 0.276 e. The van der Waals surface area contributed by atoms with Gasteiger partial charge in [-0.25, -0.2) is 0 Å². The molecule has 0 spiro atoms. The minimum absolute atomic E-state index is 0.00817. The number of piperidine rings is 1. The van der Waals surface area contributed by atoms with Crippen molar-refractivity contribution in [2.75, 3.05) is 19.6 Å². The number of likely N-dealkylation sites (tertiary alicyclic amines) is 1. The minimum atomic E-state index is -0.246. The second kappa shape index (κ2) is 8.89. The van der Waals surface area contributed by atoms with E-state index in [4.69, 9.17) is 4.52 Å². The van der Waals surface area contributed by atoms with E-state index in [0.29, 0.717) is 30.4 Å². The summed E-state index contributed by atoms with van der Waals surface area (Å²) >= 11 is 0. The average molecular weight is 408 g/mol. The molecule has 1 saturated heterocycles. The van der Waals surface area contributed by atoms with Crippen molar-refractivity contribution in [3.63, 3.8) is 0 Å². The van der Waals surface area contributed by atoms with Crippen LogP contribution >= 0.6 is 0 Å². The fourth-order valence-corrected chi connectivity index (χ4v) is 3.62. The van der Waals surface area contributed by atoms with Gasteiger partial charge in [0.15, 0.2) is 5.82 Å². The lowest BCUT2D eigenvalue weighted by Crippen LogP contribution is -2.43. The highest BCUT2D eigenvalue weighted by Gasteiger charge is 2.27. The maximum absolute atomic E-state index is 12.5. The van der Waals surface area contributed by atoms with E-state index in [1.165, 1.54) is 0 Å². The summed E-state index contributed by atoms with van der Waals surface area (Å²) in [6, 6.07) is 10.7. The minimum Gasteiger partial charge on any atom is -0.343 e. The Hall–Kier alpha value is -3.49. The van der Waals surface area contributed by atoms with E-state index in [9.17, 15) is 9.59 Å². The van der Waals surface area contributed by atoms with Gasteiger partial charge in [-0.15, -0.1) is 0 Å². The number of carbonyl (C=O) groups excluding carboxylic acids is 2. The number of aryl methyl sites for hydroxylation is 1. The number of rotatable bonds is 6. The molecule has 2 aromatic heterocycles. The van der Waals surface area contributed by atoms with Crippen LogP contribution in [0.1, 0.15) is 41.9 Å². The SMILES string of the molecule is CCn1nccc1-c1nc(C2CCN(C(=O)CNC(=O)c3ccccc3)CC2)no1. The fourth-order valence-electron chi connectivity index (χ4n) is 3.62. The molecule has 9 nitrogen and oxygen atoms in total. The molecular weight excluding hydrogens is 384 g/mol. The van der Waals surface area contributed by atoms with Crippen LogP contribution in [0.3, 0.4) is 0 Å². The van der Waals surface area contributed by atoms with Gasteiger partial charge in [0, 0.05) is 37.3 Å². The number of nitrogens with zero attached hydrogens (tertiary/aromatic N) is 5. The second-order valence-electron chi connectivity index (χ2n) is 7.19. The van der Waals surface area contributed by atoms with Gasteiger partial charge in [-0.05, 0) is 38.0 Å². The molecule has 0 unspecified atom stereocenters. The summed E-state index contributed by atoms with van der Waals surface area (Å²) in [5.41, 5.74) is 1.35. The van der Waals surface area contributed by atoms with Gasteiger partial charge in [-0.1, -0.05) is 23.4 Å². The monoisotopic (exact) mass is 408 g/mol. The molecule has 0 radical (unpaired) electrons. The molecule has 3 aromatic rings. The quantitative estimate of drug-likeness (QED) is 0.669. The molecule has 30 heavy (non-hydrogen) atoms. The summed E-state index contributed by atoms with van der Waals surface area (Å²) in [4.78, 5) is 30.9. The van der Waals surface area contributed by atoms with E-state index in [2.05, 4.69) is 20.6 Å². The van der Waals surface area contributed by atoms with E-state index in [-0.39, 0.29) is 24.3 Å². The highest BCUT2D eigenvalue weighted by molar-refractivity contribution is 5.96. The topological polar surface area (TPSA) is 106 Å². The van der Waals surface area contributed by atoms with Crippen molar-refractivity contribution < 1.29 is 14.1 Å². The standard InChI is InChI=1S/C21H24N6O3/c1-2-27-17(8-11-23-27)21-24-19(25-30-21)15-9-12-26(13-10-15)18(28)14-22-20(29)16-6-4-3-5-7-16/h3-8,11,15H,2,9-10,12-14H2,1H3,(H,22,29). The number of aromatic nitrogens is 4. The Labute approximate surface area is 174 Å². The Kier molecular flexibility index (Phi) is 5.87. The van der Waals surface area contributed by atoms with Crippen LogP contribution in [0.2, 0.25) is 0 Å². The lowest BCUT2D eigenvalue weighted by Gasteiger charge is -2.30. The molecule has 0 aliphatic carbocycles. The van der Waals surface area contributed by atoms with Gasteiger partial charge in [-0.3, -0.25) is 14.3 Å². The first-order valence-electron chi connectivity index (χ1n) is 10.1. The summed E-state index contributed by atoms with van der Waals surface area (Å²) in [5, 5.41) is 11.1. The maximum atomic E-state index is 12.5. The Balaban J connectivity index is 1.29. The molecule has 2 amide bonds. The zero-order valence-electron chi connectivity index (χ0n) is 16.8. The summed E-state index contributed by atoms with van der Waals surface area (Å²) in [6.45, 7) is 3.92. The zero-order chi connectivity index (χ0) is 20.9. The number of hydrogen-bond donors (Lipinski definition) is 1. The number of amides is 2. The van der Waals surface area contributed by atoms with Crippen LogP contribution < -0.4 is 5.32 Å². The molecule has 3 heterocycles. The second-order valence-corrected chi connectivity index (χ2v) is 7.19. The molecule has 1 aliphatic rings. The molecule has 1 fully saturated rings. The summed E-state index contributed by atoms with van der Waals surface area (Å²) in [5.74, 6) is 0.941. The predicted octanol–water partition coefficient (Wildman–Crippen LogP) is 2.09. The third-order valence-electron chi connectivity index (χ3n) is 5.33. The predicted molar refractivity (Wildman–Crippen MR) is 109 cm³/mol. The third-order valence-corrected chi connectivity index (χ3v) is 5.33. The lowest BCUT2D eigenvalue weighted by molar-refractivity contribution is -0.131. The van der Waals surface area contributed by atoms with Gasteiger partial charge < -0.3 is 14.7 Å². The molecule has 0 bridgehead atoms. The van der Waals surface area contributed by atoms with Gasteiger partial charge >= 0.3 is 0 Å². The van der Waals surface area contributed by atoms with Crippen molar-refractivity contribution in [1.29, 1.82) is 0 Å². The lowest BCUT2D eigenvalue weighted by atomic mass is 9.96. The first-order valence-corrected chi connectivity index (χ1v) is 10.1. The van der Waals surface area contributed by atoms with Crippen LogP contribution in [0.25, 0.3) is 11.6 Å². The van der Waals surface area contributed by atoms with Crippen LogP contribution in [0.5, 0.6) is 0 Å². The van der Waals surface area contributed by atoms with Crippen LogP contribution in [0, 0.1) is 0 Å². The summed E-state index contributed by atoms with van der Waals surface area (Å²) in [7, 11) is 0. The molecule has 0 saturated carbocycles. The summed E-state index contributed by atoms with van der Waals surface area (Å²) in [6.07, 6.45) is 3.22. The van der Waals surface area contributed by atoms with Crippen molar-refractivity contribution in [3.8, 4) is 11.6 Å². The molecule has 4 rings (SSSR count). The molecule has 1 aromatic carbocycles. The van der Waals surface area contributed by atoms with E-state index in [1.807, 2.05) is 23.7 Å². The Morgan fingerprint density at radius 3 is 2.67 bits per heavy atom. The molecule has 1 aliphatic heterocycles. The molecular formula is C21H24N6O3. The van der Waals surface area contributed by atoms with Crippen LogP contribution in [0.15, 0.2) is 47.1 Å². The normalized spacial score (nSPS) is 14.6. The highest BCUT2D eigenvalue weighted by Crippen LogP contribution is 2.28.